The van der Waals surface area contributed by atoms with Crippen molar-refractivity contribution in [2.45, 2.75) is 56.7 Å². The molecule has 2 aromatic rings. The van der Waals surface area contributed by atoms with Crippen LogP contribution in [0.4, 0.5) is 10.3 Å². The molecule has 6 rings (SSSR count). The van der Waals surface area contributed by atoms with E-state index >= 15 is 0 Å². The predicted octanol–water partition coefficient (Wildman–Crippen LogP) is 2.31. The lowest BCUT2D eigenvalue weighted by molar-refractivity contribution is 0.0779. The van der Waals surface area contributed by atoms with Crippen molar-refractivity contribution in [3.05, 3.63) is 39.6 Å². The van der Waals surface area contributed by atoms with E-state index in [0.29, 0.717) is 31.4 Å². The molecule has 1 aliphatic carbocycles. The summed E-state index contributed by atoms with van der Waals surface area (Å²) in [6.07, 6.45) is 3.81. The molecule has 0 N–H and O–H groups in total. The summed E-state index contributed by atoms with van der Waals surface area (Å²) in [5.41, 5.74) is 0.854. The zero-order valence-electron chi connectivity index (χ0n) is 17.4. The smallest absolute Gasteiger partial charge is 0.266 e. The topological polar surface area (TPSA) is 84.5 Å². The first kappa shape index (κ1) is 19.0. The average molecular weight is 427 g/mol. The lowest BCUT2D eigenvalue weighted by atomic mass is 9.83. The third-order valence-corrected chi connectivity index (χ3v) is 7.42. The van der Waals surface area contributed by atoms with E-state index in [4.69, 9.17) is 4.52 Å². The molecule has 9 heteroatoms. The molecule has 0 radical (unpaired) electrons. The van der Waals surface area contributed by atoms with Crippen molar-refractivity contribution in [1.29, 1.82) is 0 Å². The predicted molar refractivity (Wildman–Crippen MR) is 110 cm³/mol. The molecule has 3 atom stereocenters. The van der Waals surface area contributed by atoms with E-state index < -0.39 is 6.17 Å². The minimum atomic E-state index is -0.996. The fraction of sp³-hybridized carbons (Fsp3) is 0.636. The highest BCUT2D eigenvalue weighted by Gasteiger charge is 2.38. The summed E-state index contributed by atoms with van der Waals surface area (Å²) >= 11 is 0. The third kappa shape index (κ3) is 3.16. The number of amides is 1. The van der Waals surface area contributed by atoms with Crippen molar-refractivity contribution in [2.24, 2.45) is 5.92 Å². The van der Waals surface area contributed by atoms with Gasteiger partial charge in [0.2, 0.25) is 5.89 Å². The summed E-state index contributed by atoms with van der Waals surface area (Å²) in [6.45, 7) is 2.51. The van der Waals surface area contributed by atoms with Gasteiger partial charge in [-0.25, -0.2) is 4.39 Å². The minimum absolute atomic E-state index is 0.0772. The number of hydrogen-bond acceptors (Lipinski definition) is 6. The minimum Gasteiger partial charge on any atom is -0.337 e. The van der Waals surface area contributed by atoms with Crippen LogP contribution in [-0.2, 0) is 6.54 Å². The fourth-order valence-corrected chi connectivity index (χ4v) is 5.52. The highest BCUT2D eigenvalue weighted by molar-refractivity contribution is 5.94. The number of carbonyl (C=O) groups excluding carboxylic acids is 1. The van der Waals surface area contributed by atoms with Gasteiger partial charge in [-0.05, 0) is 48.9 Å². The molecule has 0 aromatic carbocycles. The number of pyridine rings is 1. The van der Waals surface area contributed by atoms with Gasteiger partial charge in [-0.2, -0.15) is 4.98 Å². The standard InChI is InChI=1S/C22H26FN5O3/c23-16-6-7-26(12-16)20(29)17-4-5-18-15-8-13(10-28(18)21(17)30)9-27(11-15)22-24-19(31-25-22)14-2-1-3-14/h4-5,13-16H,1-3,6-12H2/t13-,15+,16+/m0/s1. The first-order chi connectivity index (χ1) is 15.1. The van der Waals surface area contributed by atoms with Gasteiger partial charge in [-0.1, -0.05) is 6.42 Å². The van der Waals surface area contributed by atoms with Crippen molar-refractivity contribution < 1.29 is 13.7 Å². The number of hydrogen-bond donors (Lipinski definition) is 0. The number of likely N-dealkylation sites (tertiary alicyclic amines) is 1. The molecule has 3 aliphatic heterocycles. The molecule has 4 aliphatic rings. The SMILES string of the molecule is O=C(c1ccc2n(c1=O)C[C@H]1C[C@@H]2CN(c2noc(C3CCC3)n2)C1)N1CC[C@@H](F)C1. The Bertz CT molecular complexity index is 1080. The Morgan fingerprint density at radius 1 is 1.10 bits per heavy atom. The first-order valence-corrected chi connectivity index (χ1v) is 11.3. The van der Waals surface area contributed by atoms with Crippen molar-refractivity contribution in [3.8, 4) is 0 Å². The number of rotatable bonds is 3. The molecule has 1 amide bonds. The van der Waals surface area contributed by atoms with Gasteiger partial charge in [-0.15, -0.1) is 0 Å². The number of anilines is 1. The fourth-order valence-electron chi connectivity index (χ4n) is 5.52. The van der Waals surface area contributed by atoms with Crippen molar-refractivity contribution in [2.75, 3.05) is 31.1 Å². The van der Waals surface area contributed by atoms with E-state index in [-0.39, 0.29) is 35.4 Å². The maximum absolute atomic E-state index is 13.5. The van der Waals surface area contributed by atoms with E-state index in [1.165, 1.54) is 11.3 Å². The number of halogens is 1. The summed E-state index contributed by atoms with van der Waals surface area (Å²) in [4.78, 5) is 34.2. The average Bonchev–Trinajstić information content (AvgIpc) is 3.36. The molecule has 2 saturated heterocycles. The molecule has 2 aromatic heterocycles. The second kappa shape index (κ2) is 7.17. The Kier molecular flexibility index (Phi) is 4.40. The zero-order valence-corrected chi connectivity index (χ0v) is 17.4. The van der Waals surface area contributed by atoms with E-state index in [9.17, 15) is 14.0 Å². The van der Waals surface area contributed by atoms with Crippen LogP contribution in [0.5, 0.6) is 0 Å². The van der Waals surface area contributed by atoms with E-state index in [1.807, 2.05) is 6.07 Å². The van der Waals surface area contributed by atoms with Crippen LogP contribution in [0.3, 0.4) is 0 Å². The van der Waals surface area contributed by atoms with Crippen LogP contribution in [-0.4, -0.2) is 57.9 Å². The lowest BCUT2D eigenvalue weighted by Crippen LogP contribution is -2.48. The Morgan fingerprint density at radius 3 is 2.71 bits per heavy atom. The molecule has 164 valence electrons. The first-order valence-electron chi connectivity index (χ1n) is 11.3. The van der Waals surface area contributed by atoms with Crippen LogP contribution in [0.1, 0.15) is 65.9 Å². The van der Waals surface area contributed by atoms with Gasteiger partial charge in [0.1, 0.15) is 11.7 Å². The summed E-state index contributed by atoms with van der Waals surface area (Å²) in [5, 5.41) is 4.22. The van der Waals surface area contributed by atoms with Crippen LogP contribution in [0, 0.1) is 5.92 Å². The highest BCUT2D eigenvalue weighted by atomic mass is 19.1. The molecule has 1 saturated carbocycles. The number of alkyl halides is 1. The lowest BCUT2D eigenvalue weighted by Gasteiger charge is -2.42. The van der Waals surface area contributed by atoms with Crippen LogP contribution in [0.25, 0.3) is 0 Å². The number of piperidine rings is 1. The number of aromatic nitrogens is 3. The van der Waals surface area contributed by atoms with Gasteiger partial charge in [0.15, 0.2) is 0 Å². The summed E-state index contributed by atoms with van der Waals surface area (Å²) in [7, 11) is 0. The van der Waals surface area contributed by atoms with Crippen LogP contribution >= 0.6 is 0 Å². The van der Waals surface area contributed by atoms with Crippen LogP contribution in [0.15, 0.2) is 21.5 Å². The van der Waals surface area contributed by atoms with Crippen molar-refractivity contribution in [3.63, 3.8) is 0 Å². The van der Waals surface area contributed by atoms with Gasteiger partial charge < -0.3 is 18.9 Å². The monoisotopic (exact) mass is 427 g/mol. The molecule has 2 bridgehead atoms. The van der Waals surface area contributed by atoms with Gasteiger partial charge in [-0.3, -0.25) is 9.59 Å². The van der Waals surface area contributed by atoms with Gasteiger partial charge in [0.05, 0.1) is 6.54 Å². The summed E-state index contributed by atoms with van der Waals surface area (Å²) in [6, 6.07) is 3.53. The molecular weight excluding hydrogens is 401 g/mol. The Balaban J connectivity index is 1.25. The molecule has 31 heavy (non-hydrogen) atoms. The molecule has 8 nitrogen and oxygen atoms in total. The highest BCUT2D eigenvalue weighted by Crippen LogP contribution is 2.39. The maximum atomic E-state index is 13.5. The Labute approximate surface area is 179 Å². The normalized spacial score (nSPS) is 27.8. The molecule has 0 spiro atoms. The number of nitrogens with zero attached hydrogens (tertiary/aromatic N) is 5. The molecular formula is C22H26FN5O3. The summed E-state index contributed by atoms with van der Waals surface area (Å²) < 4.78 is 20.8. The maximum Gasteiger partial charge on any atom is 0.266 e. The van der Waals surface area contributed by atoms with E-state index in [0.717, 1.165) is 43.9 Å². The van der Waals surface area contributed by atoms with E-state index in [1.54, 1.807) is 10.6 Å². The van der Waals surface area contributed by atoms with Gasteiger partial charge >= 0.3 is 0 Å². The van der Waals surface area contributed by atoms with Crippen molar-refractivity contribution >= 4 is 11.9 Å². The van der Waals surface area contributed by atoms with Crippen molar-refractivity contribution in [1.82, 2.24) is 19.6 Å². The quantitative estimate of drug-likeness (QED) is 0.748. The Morgan fingerprint density at radius 2 is 1.97 bits per heavy atom. The third-order valence-electron chi connectivity index (χ3n) is 7.42. The van der Waals surface area contributed by atoms with Crippen LogP contribution < -0.4 is 10.5 Å². The Hall–Kier alpha value is -2.71. The van der Waals surface area contributed by atoms with Gasteiger partial charge in [0, 0.05) is 43.7 Å². The molecule has 0 unspecified atom stereocenters. The molecule has 3 fully saturated rings. The van der Waals surface area contributed by atoms with Crippen LogP contribution in [0.2, 0.25) is 0 Å². The van der Waals surface area contributed by atoms with E-state index in [2.05, 4.69) is 15.0 Å². The largest absolute Gasteiger partial charge is 0.337 e. The number of fused-ring (bicyclic) bond motifs is 4. The van der Waals surface area contributed by atoms with Gasteiger partial charge in [0.25, 0.3) is 17.4 Å². The summed E-state index contributed by atoms with van der Waals surface area (Å²) in [5.74, 6) is 1.90. The second-order valence-electron chi connectivity index (χ2n) is 9.49. The molecule has 5 heterocycles. The zero-order chi connectivity index (χ0) is 21.1. The second-order valence-corrected chi connectivity index (χ2v) is 9.49. The number of carbonyl (C=O) groups is 1.